The standard InChI is InChI=1S/C13H24N2OS/c14-12(5-9-17-10-6-12)13(16)3-7-15(8-4-13)11-1-2-11/h11,16H,1-10,14H2. The zero-order valence-electron chi connectivity index (χ0n) is 10.5. The number of likely N-dealkylation sites (tertiary alicyclic amines) is 1. The second-order valence-corrected chi connectivity index (χ2v) is 7.29. The first-order valence-electron chi connectivity index (χ1n) is 6.96. The largest absolute Gasteiger partial charge is 0.388 e. The zero-order valence-corrected chi connectivity index (χ0v) is 11.3. The van der Waals surface area contributed by atoms with Crippen molar-refractivity contribution >= 4 is 11.8 Å². The summed E-state index contributed by atoms with van der Waals surface area (Å²) in [5.41, 5.74) is 5.61. The number of hydrogen-bond acceptors (Lipinski definition) is 4. The smallest absolute Gasteiger partial charge is 0.0851 e. The molecule has 2 heterocycles. The van der Waals surface area contributed by atoms with Gasteiger partial charge in [0.2, 0.25) is 0 Å². The summed E-state index contributed by atoms with van der Waals surface area (Å²) in [5.74, 6) is 2.23. The van der Waals surface area contributed by atoms with E-state index in [0.29, 0.717) is 0 Å². The van der Waals surface area contributed by atoms with Gasteiger partial charge < -0.3 is 15.7 Å². The van der Waals surface area contributed by atoms with Crippen molar-refractivity contribution in [2.45, 2.75) is 55.7 Å². The Morgan fingerprint density at radius 3 is 2.18 bits per heavy atom. The summed E-state index contributed by atoms with van der Waals surface area (Å²) in [4.78, 5) is 2.55. The second-order valence-electron chi connectivity index (χ2n) is 6.07. The Bertz CT molecular complexity index is 279. The number of nitrogens with two attached hydrogens (primary N) is 1. The Kier molecular flexibility index (Phi) is 3.18. The van der Waals surface area contributed by atoms with Crippen molar-refractivity contribution in [2.24, 2.45) is 5.73 Å². The molecule has 1 saturated carbocycles. The fraction of sp³-hybridized carbons (Fsp3) is 1.00. The molecule has 4 heteroatoms. The monoisotopic (exact) mass is 256 g/mol. The van der Waals surface area contributed by atoms with Crippen LogP contribution < -0.4 is 5.73 Å². The first-order valence-corrected chi connectivity index (χ1v) is 8.12. The first kappa shape index (κ1) is 12.3. The number of hydrogen-bond donors (Lipinski definition) is 2. The first-order chi connectivity index (χ1) is 8.13. The van der Waals surface area contributed by atoms with Gasteiger partial charge >= 0.3 is 0 Å². The van der Waals surface area contributed by atoms with E-state index in [1.807, 2.05) is 11.8 Å². The lowest BCUT2D eigenvalue weighted by Gasteiger charge is -2.51. The molecule has 17 heavy (non-hydrogen) atoms. The number of nitrogens with zero attached hydrogens (tertiary/aromatic N) is 1. The molecule has 1 aliphatic carbocycles. The van der Waals surface area contributed by atoms with Crippen LogP contribution in [0.5, 0.6) is 0 Å². The third-order valence-corrected chi connectivity index (χ3v) is 5.99. The quantitative estimate of drug-likeness (QED) is 0.779. The van der Waals surface area contributed by atoms with Crippen molar-refractivity contribution in [1.82, 2.24) is 4.90 Å². The molecule has 0 amide bonds. The van der Waals surface area contributed by atoms with E-state index in [4.69, 9.17) is 5.73 Å². The minimum absolute atomic E-state index is 0.312. The molecule has 2 aliphatic heterocycles. The number of aliphatic hydroxyl groups is 1. The number of piperidine rings is 1. The summed E-state index contributed by atoms with van der Waals surface area (Å²) in [6.07, 6.45) is 6.45. The fourth-order valence-corrected chi connectivity index (χ4v) is 4.62. The predicted octanol–water partition coefficient (Wildman–Crippen LogP) is 1.20. The molecule has 0 radical (unpaired) electrons. The highest BCUT2D eigenvalue weighted by atomic mass is 32.2. The molecule has 3 nitrogen and oxygen atoms in total. The van der Waals surface area contributed by atoms with Crippen LogP contribution in [0.2, 0.25) is 0 Å². The zero-order chi connectivity index (χ0) is 11.9. The van der Waals surface area contributed by atoms with Crippen LogP contribution in [-0.2, 0) is 0 Å². The molecule has 0 aromatic heterocycles. The van der Waals surface area contributed by atoms with Crippen molar-refractivity contribution < 1.29 is 5.11 Å². The molecule has 0 spiro atoms. The highest BCUT2D eigenvalue weighted by molar-refractivity contribution is 7.99. The number of rotatable bonds is 2. The van der Waals surface area contributed by atoms with Crippen molar-refractivity contribution in [3.8, 4) is 0 Å². The lowest BCUT2D eigenvalue weighted by Crippen LogP contribution is -2.65. The maximum Gasteiger partial charge on any atom is 0.0851 e. The lowest BCUT2D eigenvalue weighted by molar-refractivity contribution is -0.0846. The van der Waals surface area contributed by atoms with E-state index >= 15 is 0 Å². The Balaban J connectivity index is 1.65. The van der Waals surface area contributed by atoms with Crippen molar-refractivity contribution in [3.63, 3.8) is 0 Å². The van der Waals surface area contributed by atoms with Crippen LogP contribution in [-0.4, -0.2) is 51.8 Å². The molecule has 3 fully saturated rings. The summed E-state index contributed by atoms with van der Waals surface area (Å²) in [7, 11) is 0. The van der Waals surface area contributed by atoms with Gasteiger partial charge in [-0.3, -0.25) is 0 Å². The van der Waals surface area contributed by atoms with E-state index in [0.717, 1.165) is 56.3 Å². The van der Waals surface area contributed by atoms with Gasteiger partial charge in [0.15, 0.2) is 0 Å². The number of thioether (sulfide) groups is 1. The van der Waals surface area contributed by atoms with Gasteiger partial charge in [0.05, 0.1) is 5.60 Å². The topological polar surface area (TPSA) is 49.5 Å². The Morgan fingerprint density at radius 2 is 1.65 bits per heavy atom. The van der Waals surface area contributed by atoms with Crippen molar-refractivity contribution in [1.29, 1.82) is 0 Å². The van der Waals surface area contributed by atoms with Gasteiger partial charge in [0, 0.05) is 24.7 Å². The summed E-state index contributed by atoms with van der Waals surface area (Å²) >= 11 is 1.97. The molecule has 3 rings (SSSR count). The highest BCUT2D eigenvalue weighted by Gasteiger charge is 2.50. The van der Waals surface area contributed by atoms with Crippen LogP contribution in [0.15, 0.2) is 0 Å². The SMILES string of the molecule is NC1(C2(O)CCN(C3CC3)CC2)CCSCC1. The molecule has 3 aliphatic rings. The highest BCUT2D eigenvalue weighted by Crippen LogP contribution is 2.41. The average Bonchev–Trinajstić information content (AvgIpc) is 3.15. The normalized spacial score (nSPS) is 33.5. The fourth-order valence-electron chi connectivity index (χ4n) is 3.40. The van der Waals surface area contributed by atoms with Gasteiger partial charge in [0.1, 0.15) is 0 Å². The second kappa shape index (κ2) is 4.41. The molecule has 3 N–H and O–H groups in total. The van der Waals surface area contributed by atoms with Crippen LogP contribution in [0.3, 0.4) is 0 Å². The van der Waals surface area contributed by atoms with Crippen LogP contribution in [0.4, 0.5) is 0 Å². The summed E-state index contributed by atoms with van der Waals surface area (Å²) in [6, 6.07) is 0.829. The molecule has 0 aromatic carbocycles. The molecule has 0 unspecified atom stereocenters. The molecule has 98 valence electrons. The maximum atomic E-state index is 10.9. The van der Waals surface area contributed by atoms with Crippen LogP contribution >= 0.6 is 11.8 Å². The molecule has 2 saturated heterocycles. The summed E-state index contributed by atoms with van der Waals surface area (Å²) in [5, 5.41) is 10.9. The van der Waals surface area contributed by atoms with Gasteiger partial charge in [-0.1, -0.05) is 0 Å². The van der Waals surface area contributed by atoms with E-state index < -0.39 is 5.60 Å². The van der Waals surface area contributed by atoms with E-state index in [1.54, 1.807) is 0 Å². The molecular weight excluding hydrogens is 232 g/mol. The van der Waals surface area contributed by atoms with Gasteiger partial charge in [-0.05, 0) is 50.0 Å². The third kappa shape index (κ3) is 2.25. The van der Waals surface area contributed by atoms with E-state index in [-0.39, 0.29) is 5.54 Å². The van der Waals surface area contributed by atoms with Crippen LogP contribution in [0, 0.1) is 0 Å². The van der Waals surface area contributed by atoms with Gasteiger partial charge in [0.25, 0.3) is 0 Å². The molecular formula is C13H24N2OS. The van der Waals surface area contributed by atoms with Gasteiger partial charge in [-0.25, -0.2) is 0 Å². The summed E-state index contributed by atoms with van der Waals surface area (Å²) < 4.78 is 0. The van der Waals surface area contributed by atoms with Gasteiger partial charge in [-0.2, -0.15) is 11.8 Å². The lowest BCUT2D eigenvalue weighted by atomic mass is 9.70. The van der Waals surface area contributed by atoms with Gasteiger partial charge in [-0.15, -0.1) is 0 Å². The molecule has 0 atom stereocenters. The van der Waals surface area contributed by atoms with E-state index in [2.05, 4.69) is 4.90 Å². The van der Waals surface area contributed by atoms with E-state index in [1.165, 1.54) is 12.8 Å². The average molecular weight is 256 g/mol. The van der Waals surface area contributed by atoms with Crippen molar-refractivity contribution in [3.05, 3.63) is 0 Å². The maximum absolute atomic E-state index is 10.9. The molecule has 0 aromatic rings. The van der Waals surface area contributed by atoms with E-state index in [9.17, 15) is 5.11 Å². The Morgan fingerprint density at radius 1 is 1.06 bits per heavy atom. The molecule has 0 bridgehead atoms. The summed E-state index contributed by atoms with van der Waals surface area (Å²) in [6.45, 7) is 2.10. The predicted molar refractivity (Wildman–Crippen MR) is 72.3 cm³/mol. The van der Waals surface area contributed by atoms with Crippen molar-refractivity contribution in [2.75, 3.05) is 24.6 Å². The minimum Gasteiger partial charge on any atom is -0.388 e. The third-order valence-electron chi connectivity index (χ3n) is 5.00. The minimum atomic E-state index is -0.598. The van der Waals surface area contributed by atoms with Crippen LogP contribution in [0.25, 0.3) is 0 Å². The Labute approximate surface area is 108 Å². The Hall–Kier alpha value is 0.230. The van der Waals surface area contributed by atoms with Crippen LogP contribution in [0.1, 0.15) is 38.5 Å².